The number of carboxylic acid groups (broad SMARTS) is 1. The van der Waals surface area contributed by atoms with E-state index in [1.165, 1.54) is 18.5 Å². The predicted molar refractivity (Wildman–Crippen MR) is 62.3 cm³/mol. The SMILES string of the molecule is C#CC(C)(CC)Nc1cnccc1C(=O)O. The molecule has 0 saturated carbocycles. The van der Waals surface area contributed by atoms with Crippen molar-refractivity contribution in [1.29, 1.82) is 0 Å². The van der Waals surface area contributed by atoms with E-state index in [1.807, 2.05) is 13.8 Å². The van der Waals surface area contributed by atoms with Crippen molar-refractivity contribution in [3.63, 3.8) is 0 Å². The van der Waals surface area contributed by atoms with Gasteiger partial charge in [-0.25, -0.2) is 4.79 Å². The number of hydrogen-bond acceptors (Lipinski definition) is 3. The van der Waals surface area contributed by atoms with Crippen molar-refractivity contribution in [2.24, 2.45) is 0 Å². The van der Waals surface area contributed by atoms with Crippen LogP contribution in [0.1, 0.15) is 30.6 Å². The van der Waals surface area contributed by atoms with Gasteiger partial charge < -0.3 is 10.4 Å². The van der Waals surface area contributed by atoms with E-state index in [4.69, 9.17) is 11.5 Å². The number of hydrogen-bond donors (Lipinski definition) is 2. The Kier molecular flexibility index (Phi) is 3.51. The molecule has 1 heterocycles. The molecule has 16 heavy (non-hydrogen) atoms. The lowest BCUT2D eigenvalue weighted by molar-refractivity contribution is 0.0697. The normalized spacial score (nSPS) is 13.6. The largest absolute Gasteiger partial charge is 0.478 e. The molecule has 0 saturated heterocycles. The summed E-state index contributed by atoms with van der Waals surface area (Å²) in [6.07, 6.45) is 9.01. The first-order valence-corrected chi connectivity index (χ1v) is 4.95. The molecule has 4 heteroatoms. The van der Waals surface area contributed by atoms with E-state index in [0.717, 1.165) is 0 Å². The highest BCUT2D eigenvalue weighted by Gasteiger charge is 2.21. The van der Waals surface area contributed by atoms with E-state index in [9.17, 15) is 4.79 Å². The van der Waals surface area contributed by atoms with Crippen LogP contribution in [0.3, 0.4) is 0 Å². The molecule has 0 aliphatic heterocycles. The second kappa shape index (κ2) is 4.67. The summed E-state index contributed by atoms with van der Waals surface area (Å²) in [7, 11) is 0. The van der Waals surface area contributed by atoms with Gasteiger partial charge in [0.05, 0.1) is 23.0 Å². The maximum atomic E-state index is 11.0. The molecule has 2 N–H and O–H groups in total. The number of aromatic nitrogens is 1. The molecule has 1 aromatic heterocycles. The number of carbonyl (C=O) groups is 1. The molecule has 4 nitrogen and oxygen atoms in total. The van der Waals surface area contributed by atoms with Crippen LogP contribution in [0.15, 0.2) is 18.5 Å². The molecule has 1 unspecified atom stereocenters. The Bertz CT molecular complexity index is 437. The van der Waals surface area contributed by atoms with E-state index in [1.54, 1.807) is 0 Å². The van der Waals surface area contributed by atoms with Crippen LogP contribution in [0, 0.1) is 12.3 Å². The lowest BCUT2D eigenvalue weighted by atomic mass is 9.99. The first-order valence-electron chi connectivity index (χ1n) is 4.95. The molecular formula is C12H14N2O2. The quantitative estimate of drug-likeness (QED) is 0.759. The number of rotatable bonds is 4. The van der Waals surface area contributed by atoms with Gasteiger partial charge in [-0.15, -0.1) is 6.42 Å². The summed E-state index contributed by atoms with van der Waals surface area (Å²) in [5, 5.41) is 12.0. The van der Waals surface area contributed by atoms with Gasteiger partial charge >= 0.3 is 5.97 Å². The third kappa shape index (κ3) is 2.51. The highest BCUT2D eigenvalue weighted by Crippen LogP contribution is 2.20. The van der Waals surface area contributed by atoms with Crippen LogP contribution < -0.4 is 5.32 Å². The van der Waals surface area contributed by atoms with Gasteiger partial charge in [0.1, 0.15) is 0 Å². The fourth-order valence-corrected chi connectivity index (χ4v) is 1.20. The average Bonchev–Trinajstić information content (AvgIpc) is 2.29. The van der Waals surface area contributed by atoms with Crippen molar-refractivity contribution >= 4 is 11.7 Å². The summed E-state index contributed by atoms with van der Waals surface area (Å²) in [6, 6.07) is 1.44. The molecule has 1 rings (SSSR count). The van der Waals surface area contributed by atoms with Crippen LogP contribution in [0.4, 0.5) is 5.69 Å². The highest BCUT2D eigenvalue weighted by atomic mass is 16.4. The lowest BCUT2D eigenvalue weighted by Crippen LogP contribution is -2.32. The van der Waals surface area contributed by atoms with Gasteiger partial charge in [0, 0.05) is 6.20 Å². The van der Waals surface area contributed by atoms with Crippen molar-refractivity contribution in [3.05, 3.63) is 24.0 Å². The summed E-state index contributed by atoms with van der Waals surface area (Å²) < 4.78 is 0. The number of aromatic carboxylic acids is 1. The minimum absolute atomic E-state index is 0.171. The Morgan fingerprint density at radius 3 is 2.94 bits per heavy atom. The molecule has 0 spiro atoms. The second-order valence-corrected chi connectivity index (χ2v) is 3.68. The minimum atomic E-state index is -1.000. The molecule has 0 bridgehead atoms. The van der Waals surface area contributed by atoms with Crippen LogP contribution in [0.5, 0.6) is 0 Å². The van der Waals surface area contributed by atoms with Crippen molar-refractivity contribution < 1.29 is 9.90 Å². The maximum absolute atomic E-state index is 11.0. The molecule has 0 amide bonds. The topological polar surface area (TPSA) is 62.2 Å². The van der Waals surface area contributed by atoms with E-state index >= 15 is 0 Å². The van der Waals surface area contributed by atoms with E-state index in [-0.39, 0.29) is 5.56 Å². The average molecular weight is 218 g/mol. The first kappa shape index (κ1) is 12.1. The molecule has 0 aliphatic carbocycles. The summed E-state index contributed by atoms with van der Waals surface area (Å²) >= 11 is 0. The third-order valence-electron chi connectivity index (χ3n) is 2.49. The van der Waals surface area contributed by atoms with Gasteiger partial charge in [-0.3, -0.25) is 4.98 Å². The number of anilines is 1. The van der Waals surface area contributed by atoms with Crippen LogP contribution in [0.25, 0.3) is 0 Å². The van der Waals surface area contributed by atoms with Gasteiger partial charge in [-0.2, -0.15) is 0 Å². The smallest absolute Gasteiger partial charge is 0.337 e. The standard InChI is InChI=1S/C12H14N2O2/c1-4-12(3,5-2)14-10-8-13-7-6-9(10)11(15)16/h1,6-8,14H,5H2,2-3H3,(H,15,16). The molecule has 1 atom stereocenters. The van der Waals surface area contributed by atoms with Crippen molar-refractivity contribution in [2.75, 3.05) is 5.32 Å². The second-order valence-electron chi connectivity index (χ2n) is 3.68. The zero-order chi connectivity index (χ0) is 12.2. The summed E-state index contributed by atoms with van der Waals surface area (Å²) in [4.78, 5) is 14.9. The zero-order valence-corrected chi connectivity index (χ0v) is 9.32. The molecular weight excluding hydrogens is 204 g/mol. The fourth-order valence-electron chi connectivity index (χ4n) is 1.20. The Morgan fingerprint density at radius 2 is 2.44 bits per heavy atom. The Morgan fingerprint density at radius 1 is 1.75 bits per heavy atom. The molecule has 0 aliphatic rings. The van der Waals surface area contributed by atoms with Gasteiger partial charge in [-0.05, 0) is 19.4 Å². The first-order chi connectivity index (χ1) is 7.52. The molecule has 0 aromatic carbocycles. The number of carboxylic acids is 1. The summed E-state index contributed by atoms with van der Waals surface area (Å²) in [6.45, 7) is 3.77. The number of nitrogens with zero attached hydrogens (tertiary/aromatic N) is 1. The molecule has 84 valence electrons. The Labute approximate surface area is 94.7 Å². The minimum Gasteiger partial charge on any atom is -0.478 e. The highest BCUT2D eigenvalue weighted by molar-refractivity contribution is 5.94. The monoisotopic (exact) mass is 218 g/mol. The molecule has 0 radical (unpaired) electrons. The number of nitrogens with one attached hydrogen (secondary N) is 1. The number of terminal acetylenes is 1. The third-order valence-corrected chi connectivity index (χ3v) is 2.49. The van der Waals surface area contributed by atoms with Crippen LogP contribution in [0.2, 0.25) is 0 Å². The van der Waals surface area contributed by atoms with Crippen LogP contribution in [-0.4, -0.2) is 21.6 Å². The van der Waals surface area contributed by atoms with Crippen LogP contribution >= 0.6 is 0 Å². The molecule has 1 aromatic rings. The van der Waals surface area contributed by atoms with Gasteiger partial charge in [0.15, 0.2) is 0 Å². The van der Waals surface area contributed by atoms with Gasteiger partial charge in [-0.1, -0.05) is 12.8 Å². The zero-order valence-electron chi connectivity index (χ0n) is 9.32. The maximum Gasteiger partial charge on any atom is 0.337 e. The number of pyridine rings is 1. The van der Waals surface area contributed by atoms with Crippen molar-refractivity contribution in [3.8, 4) is 12.3 Å². The lowest BCUT2D eigenvalue weighted by Gasteiger charge is -2.25. The summed E-state index contributed by atoms with van der Waals surface area (Å²) in [5.41, 5.74) is 0.0509. The van der Waals surface area contributed by atoms with Crippen molar-refractivity contribution in [1.82, 2.24) is 4.98 Å². The van der Waals surface area contributed by atoms with Crippen LogP contribution in [-0.2, 0) is 0 Å². The van der Waals surface area contributed by atoms with E-state index in [0.29, 0.717) is 12.1 Å². The fraction of sp³-hybridized carbons (Fsp3) is 0.333. The van der Waals surface area contributed by atoms with E-state index < -0.39 is 11.5 Å². The van der Waals surface area contributed by atoms with Gasteiger partial charge in [0.25, 0.3) is 0 Å². The molecule has 0 fully saturated rings. The summed E-state index contributed by atoms with van der Waals surface area (Å²) in [5.74, 6) is 1.61. The van der Waals surface area contributed by atoms with Gasteiger partial charge in [0.2, 0.25) is 0 Å². The Balaban J connectivity index is 3.07. The Hall–Kier alpha value is -2.02. The predicted octanol–water partition coefficient (Wildman–Crippen LogP) is 1.99. The van der Waals surface area contributed by atoms with Crippen molar-refractivity contribution in [2.45, 2.75) is 25.8 Å². The van der Waals surface area contributed by atoms with E-state index in [2.05, 4.69) is 16.2 Å².